The first-order valence-corrected chi connectivity index (χ1v) is 9.46. The summed E-state index contributed by atoms with van der Waals surface area (Å²) in [5.41, 5.74) is 1.03. The molecule has 0 aliphatic carbocycles. The van der Waals surface area contributed by atoms with Gasteiger partial charge in [-0.15, -0.1) is 0 Å². The van der Waals surface area contributed by atoms with E-state index in [1.807, 2.05) is 42.5 Å². The zero-order chi connectivity index (χ0) is 21.1. The van der Waals surface area contributed by atoms with Crippen LogP contribution in [0.2, 0.25) is 0 Å². The van der Waals surface area contributed by atoms with Gasteiger partial charge < -0.3 is 28.8 Å². The molecule has 29 heavy (non-hydrogen) atoms. The lowest BCUT2D eigenvalue weighted by atomic mass is 10.1. The first-order valence-electron chi connectivity index (χ1n) is 9.46. The molecular weight excluding hydrogens is 374 g/mol. The van der Waals surface area contributed by atoms with Crippen molar-refractivity contribution in [3.05, 3.63) is 48.0 Å². The first kappa shape index (κ1) is 22.8. The van der Waals surface area contributed by atoms with Gasteiger partial charge >= 0.3 is 0 Å². The minimum atomic E-state index is -0.651. The molecule has 0 aliphatic heterocycles. The van der Waals surface area contributed by atoms with Gasteiger partial charge in [0.15, 0.2) is 0 Å². The zero-order valence-electron chi connectivity index (χ0n) is 17.6. The molecule has 0 fully saturated rings. The van der Waals surface area contributed by atoms with Crippen molar-refractivity contribution in [2.75, 3.05) is 54.7 Å². The van der Waals surface area contributed by atoms with E-state index < -0.39 is 6.10 Å². The van der Waals surface area contributed by atoms with Crippen LogP contribution in [-0.4, -0.2) is 70.9 Å². The van der Waals surface area contributed by atoms with Crippen LogP contribution in [0.4, 0.5) is 0 Å². The van der Waals surface area contributed by atoms with Crippen molar-refractivity contribution in [1.82, 2.24) is 4.90 Å². The molecule has 2 aromatic carbocycles. The Bertz CT molecular complexity index is 699. The van der Waals surface area contributed by atoms with Crippen molar-refractivity contribution in [2.45, 2.75) is 12.6 Å². The number of methoxy groups -OCH3 is 4. The third-order valence-electron chi connectivity index (χ3n) is 4.40. The van der Waals surface area contributed by atoms with E-state index in [9.17, 15) is 5.11 Å². The summed E-state index contributed by atoms with van der Waals surface area (Å²) in [6.07, 6.45) is -0.651. The van der Waals surface area contributed by atoms with Gasteiger partial charge in [0.25, 0.3) is 0 Å². The zero-order valence-corrected chi connectivity index (χ0v) is 17.6. The fraction of sp³-hybridized carbons (Fsp3) is 0.455. The maximum Gasteiger partial charge on any atom is 0.122 e. The topological polar surface area (TPSA) is 69.6 Å². The first-order chi connectivity index (χ1) is 14.1. The second-order valence-electron chi connectivity index (χ2n) is 6.59. The molecule has 2 aromatic rings. The molecule has 0 aliphatic rings. The molecule has 7 heteroatoms. The molecule has 1 atom stereocenters. The van der Waals surface area contributed by atoms with Crippen LogP contribution in [0.15, 0.2) is 42.5 Å². The van der Waals surface area contributed by atoms with Crippen LogP contribution in [0, 0.1) is 0 Å². The second kappa shape index (κ2) is 12.2. The summed E-state index contributed by atoms with van der Waals surface area (Å²) >= 11 is 0. The van der Waals surface area contributed by atoms with Crippen molar-refractivity contribution in [3.8, 4) is 23.0 Å². The second-order valence-corrected chi connectivity index (χ2v) is 6.59. The van der Waals surface area contributed by atoms with E-state index in [0.29, 0.717) is 32.0 Å². The third-order valence-corrected chi connectivity index (χ3v) is 4.40. The molecule has 1 N–H and O–H groups in total. The van der Waals surface area contributed by atoms with E-state index in [0.717, 1.165) is 22.8 Å². The Hall–Kier alpha value is -2.48. The molecule has 0 spiro atoms. The molecule has 0 bridgehead atoms. The van der Waals surface area contributed by atoms with Gasteiger partial charge in [0.1, 0.15) is 35.7 Å². The normalized spacial score (nSPS) is 11.9. The number of ether oxygens (including phenoxy) is 5. The van der Waals surface area contributed by atoms with E-state index in [4.69, 9.17) is 23.7 Å². The van der Waals surface area contributed by atoms with Gasteiger partial charge in [-0.25, -0.2) is 0 Å². The highest BCUT2D eigenvalue weighted by atomic mass is 16.5. The number of hydrogen-bond donors (Lipinski definition) is 1. The molecule has 160 valence electrons. The number of rotatable bonds is 13. The summed E-state index contributed by atoms with van der Waals surface area (Å²) in [6.45, 7) is 2.50. The van der Waals surface area contributed by atoms with E-state index in [2.05, 4.69) is 4.90 Å². The highest BCUT2D eigenvalue weighted by molar-refractivity contribution is 5.38. The summed E-state index contributed by atoms with van der Waals surface area (Å²) in [7, 11) is 6.53. The largest absolute Gasteiger partial charge is 0.497 e. The van der Waals surface area contributed by atoms with Gasteiger partial charge in [0, 0.05) is 32.8 Å². The Labute approximate surface area is 172 Å². The Kier molecular flexibility index (Phi) is 9.56. The summed E-state index contributed by atoms with van der Waals surface area (Å²) in [4.78, 5) is 2.11. The van der Waals surface area contributed by atoms with Crippen molar-refractivity contribution in [2.24, 2.45) is 0 Å². The van der Waals surface area contributed by atoms with E-state index in [-0.39, 0.29) is 6.61 Å². The van der Waals surface area contributed by atoms with Crippen LogP contribution >= 0.6 is 0 Å². The smallest absolute Gasteiger partial charge is 0.122 e. The lowest BCUT2D eigenvalue weighted by molar-refractivity contribution is 0.0542. The Morgan fingerprint density at radius 2 is 1.41 bits per heavy atom. The van der Waals surface area contributed by atoms with Crippen molar-refractivity contribution >= 4 is 0 Å². The number of nitrogens with zero attached hydrogens (tertiary/aromatic N) is 1. The summed E-state index contributed by atoms with van der Waals surface area (Å²) in [5.74, 6) is 2.91. The number of aliphatic hydroxyl groups excluding tert-OH is 1. The average Bonchev–Trinajstić information content (AvgIpc) is 2.76. The standard InChI is InChI=1S/C22H31NO6/c1-25-10-9-23(14-17-11-21(27-3)13-22(12-17)28-4)15-18(24)16-29-20-7-5-19(26-2)6-8-20/h5-8,11-13,18,24H,9-10,14-16H2,1-4H3/t18-/m0/s1. The van der Waals surface area contributed by atoms with Gasteiger partial charge in [-0.3, -0.25) is 4.90 Å². The molecule has 0 unspecified atom stereocenters. The maximum absolute atomic E-state index is 10.5. The molecule has 2 rings (SSSR count). The minimum absolute atomic E-state index is 0.192. The molecular formula is C22H31NO6. The monoisotopic (exact) mass is 405 g/mol. The Morgan fingerprint density at radius 3 is 1.97 bits per heavy atom. The fourth-order valence-electron chi connectivity index (χ4n) is 2.89. The quantitative estimate of drug-likeness (QED) is 0.549. The lowest BCUT2D eigenvalue weighted by Crippen LogP contribution is -2.37. The SMILES string of the molecule is COCCN(Cc1cc(OC)cc(OC)c1)C[C@H](O)COc1ccc(OC)cc1. The summed E-state index contributed by atoms with van der Waals surface area (Å²) in [5, 5.41) is 10.5. The van der Waals surface area contributed by atoms with Crippen molar-refractivity contribution in [1.29, 1.82) is 0 Å². The summed E-state index contributed by atoms with van der Waals surface area (Å²) < 4.78 is 26.7. The Morgan fingerprint density at radius 1 is 0.828 bits per heavy atom. The van der Waals surface area contributed by atoms with Gasteiger partial charge in [0.2, 0.25) is 0 Å². The summed E-state index contributed by atoms with van der Waals surface area (Å²) in [6, 6.07) is 13.0. The van der Waals surface area contributed by atoms with Crippen LogP contribution in [0.3, 0.4) is 0 Å². The molecule has 0 heterocycles. The molecule has 0 radical (unpaired) electrons. The number of benzene rings is 2. The molecule has 0 amide bonds. The van der Waals surface area contributed by atoms with E-state index in [1.165, 1.54) is 0 Å². The predicted octanol–water partition coefficient (Wildman–Crippen LogP) is 2.60. The lowest BCUT2D eigenvalue weighted by Gasteiger charge is -2.25. The van der Waals surface area contributed by atoms with Crippen LogP contribution in [0.25, 0.3) is 0 Å². The van der Waals surface area contributed by atoms with E-state index >= 15 is 0 Å². The van der Waals surface area contributed by atoms with Crippen molar-refractivity contribution in [3.63, 3.8) is 0 Å². The predicted molar refractivity (Wildman–Crippen MR) is 111 cm³/mol. The fourth-order valence-corrected chi connectivity index (χ4v) is 2.89. The molecule has 0 saturated carbocycles. The molecule has 7 nitrogen and oxygen atoms in total. The maximum atomic E-state index is 10.5. The van der Waals surface area contributed by atoms with E-state index in [1.54, 1.807) is 28.4 Å². The van der Waals surface area contributed by atoms with Crippen LogP contribution < -0.4 is 18.9 Å². The Balaban J connectivity index is 1.96. The highest BCUT2D eigenvalue weighted by Gasteiger charge is 2.14. The average molecular weight is 405 g/mol. The minimum Gasteiger partial charge on any atom is -0.497 e. The number of aliphatic hydroxyl groups is 1. The van der Waals surface area contributed by atoms with Gasteiger partial charge in [-0.05, 0) is 42.0 Å². The van der Waals surface area contributed by atoms with Crippen LogP contribution in [0.1, 0.15) is 5.56 Å². The van der Waals surface area contributed by atoms with Crippen molar-refractivity contribution < 1.29 is 28.8 Å². The van der Waals surface area contributed by atoms with Crippen LogP contribution in [-0.2, 0) is 11.3 Å². The number of hydrogen-bond acceptors (Lipinski definition) is 7. The van der Waals surface area contributed by atoms with Gasteiger partial charge in [0.05, 0.1) is 27.9 Å². The molecule has 0 saturated heterocycles. The van der Waals surface area contributed by atoms with Gasteiger partial charge in [-0.2, -0.15) is 0 Å². The van der Waals surface area contributed by atoms with Crippen LogP contribution in [0.5, 0.6) is 23.0 Å². The highest BCUT2D eigenvalue weighted by Crippen LogP contribution is 2.23. The van der Waals surface area contributed by atoms with Gasteiger partial charge in [-0.1, -0.05) is 0 Å². The third kappa shape index (κ3) is 7.81. The molecule has 0 aromatic heterocycles.